The summed E-state index contributed by atoms with van der Waals surface area (Å²) in [6.07, 6.45) is 0. The molecule has 0 aliphatic heterocycles. The summed E-state index contributed by atoms with van der Waals surface area (Å²) in [5, 5.41) is 11.1. The second-order valence-electron chi connectivity index (χ2n) is 4.26. The SMILES string of the molecule is Cn1c(-c2ccccc2[N+](=O)[O-])nc2ccccc21. The highest BCUT2D eigenvalue weighted by Gasteiger charge is 2.19. The van der Waals surface area contributed by atoms with Crippen molar-refractivity contribution in [3.05, 3.63) is 58.6 Å². The Morgan fingerprint density at radius 2 is 1.79 bits per heavy atom. The summed E-state index contributed by atoms with van der Waals surface area (Å²) in [5.41, 5.74) is 2.39. The molecule has 0 saturated heterocycles. The molecule has 0 unspecified atom stereocenters. The normalized spacial score (nSPS) is 10.8. The second kappa shape index (κ2) is 4.20. The van der Waals surface area contributed by atoms with E-state index in [0.717, 1.165) is 11.0 Å². The molecule has 1 heterocycles. The van der Waals surface area contributed by atoms with E-state index in [-0.39, 0.29) is 10.6 Å². The molecule has 1 aromatic heterocycles. The summed E-state index contributed by atoms with van der Waals surface area (Å²) in [7, 11) is 1.86. The van der Waals surface area contributed by atoms with Crippen LogP contribution < -0.4 is 0 Å². The Morgan fingerprint density at radius 3 is 2.53 bits per heavy atom. The van der Waals surface area contributed by atoms with Gasteiger partial charge in [-0.1, -0.05) is 24.3 Å². The highest BCUT2D eigenvalue weighted by atomic mass is 16.6. The first-order valence-corrected chi connectivity index (χ1v) is 5.84. The van der Waals surface area contributed by atoms with E-state index in [1.807, 2.05) is 35.9 Å². The van der Waals surface area contributed by atoms with Crippen LogP contribution >= 0.6 is 0 Å². The smallest absolute Gasteiger partial charge is 0.280 e. The Kier molecular flexibility index (Phi) is 2.52. The lowest BCUT2D eigenvalue weighted by Crippen LogP contribution is -1.97. The summed E-state index contributed by atoms with van der Waals surface area (Å²) in [4.78, 5) is 15.2. The monoisotopic (exact) mass is 253 g/mol. The van der Waals surface area contributed by atoms with Crippen LogP contribution in [0.1, 0.15) is 0 Å². The Hall–Kier alpha value is -2.69. The molecule has 3 rings (SSSR count). The first-order chi connectivity index (χ1) is 9.18. The first-order valence-electron chi connectivity index (χ1n) is 5.84. The van der Waals surface area contributed by atoms with E-state index in [1.54, 1.807) is 18.2 Å². The van der Waals surface area contributed by atoms with Gasteiger partial charge in [-0.2, -0.15) is 0 Å². The van der Waals surface area contributed by atoms with Gasteiger partial charge >= 0.3 is 0 Å². The van der Waals surface area contributed by atoms with Crippen LogP contribution in [-0.2, 0) is 7.05 Å². The fraction of sp³-hybridized carbons (Fsp3) is 0.0714. The molecule has 0 spiro atoms. The van der Waals surface area contributed by atoms with Gasteiger partial charge in [-0.25, -0.2) is 4.98 Å². The number of fused-ring (bicyclic) bond motifs is 1. The van der Waals surface area contributed by atoms with Crippen molar-refractivity contribution in [2.75, 3.05) is 0 Å². The molecule has 5 nitrogen and oxygen atoms in total. The number of imidazole rings is 1. The van der Waals surface area contributed by atoms with E-state index in [4.69, 9.17) is 0 Å². The lowest BCUT2D eigenvalue weighted by molar-refractivity contribution is -0.384. The molecule has 2 aromatic carbocycles. The Balaban J connectivity index is 2.31. The number of hydrogen-bond acceptors (Lipinski definition) is 3. The number of rotatable bonds is 2. The van der Waals surface area contributed by atoms with Crippen molar-refractivity contribution < 1.29 is 4.92 Å². The third-order valence-corrected chi connectivity index (χ3v) is 3.13. The van der Waals surface area contributed by atoms with Crippen molar-refractivity contribution in [1.29, 1.82) is 0 Å². The van der Waals surface area contributed by atoms with Gasteiger partial charge in [-0.3, -0.25) is 10.1 Å². The van der Waals surface area contributed by atoms with E-state index in [9.17, 15) is 10.1 Å². The molecule has 0 fully saturated rings. The van der Waals surface area contributed by atoms with Gasteiger partial charge in [0, 0.05) is 13.1 Å². The van der Waals surface area contributed by atoms with Gasteiger partial charge in [0.25, 0.3) is 5.69 Å². The average molecular weight is 253 g/mol. The van der Waals surface area contributed by atoms with Crippen molar-refractivity contribution in [2.45, 2.75) is 0 Å². The van der Waals surface area contributed by atoms with Crippen LogP contribution in [-0.4, -0.2) is 14.5 Å². The Bertz CT molecular complexity index is 777. The maximum absolute atomic E-state index is 11.1. The summed E-state index contributed by atoms with van der Waals surface area (Å²) in [6, 6.07) is 14.3. The molecule has 0 amide bonds. The lowest BCUT2D eigenvalue weighted by atomic mass is 10.1. The van der Waals surface area contributed by atoms with Crippen molar-refractivity contribution in [1.82, 2.24) is 9.55 Å². The standard InChI is InChI=1S/C14H11N3O2/c1-16-13-9-5-3-7-11(13)15-14(16)10-6-2-4-8-12(10)17(18)19/h2-9H,1H3. The molecule has 0 saturated carbocycles. The molecule has 0 bridgehead atoms. The third-order valence-electron chi connectivity index (χ3n) is 3.13. The molecular weight excluding hydrogens is 242 g/mol. The number of nitrogens with zero attached hydrogens (tertiary/aromatic N) is 3. The molecule has 0 N–H and O–H groups in total. The molecule has 19 heavy (non-hydrogen) atoms. The molecule has 0 aliphatic rings. The number of aromatic nitrogens is 2. The zero-order valence-electron chi connectivity index (χ0n) is 10.3. The second-order valence-corrected chi connectivity index (χ2v) is 4.26. The summed E-state index contributed by atoms with van der Waals surface area (Å²) in [6.45, 7) is 0. The molecule has 5 heteroatoms. The van der Waals surface area contributed by atoms with Gasteiger partial charge < -0.3 is 4.57 Å². The largest absolute Gasteiger partial charge is 0.327 e. The molecule has 0 radical (unpaired) electrons. The Morgan fingerprint density at radius 1 is 1.11 bits per heavy atom. The summed E-state index contributed by atoms with van der Waals surface area (Å²) < 4.78 is 1.87. The number of para-hydroxylation sites is 3. The summed E-state index contributed by atoms with van der Waals surface area (Å²) >= 11 is 0. The minimum atomic E-state index is -0.380. The number of benzene rings is 2. The van der Waals surface area contributed by atoms with Crippen LogP contribution in [0.25, 0.3) is 22.4 Å². The maximum atomic E-state index is 11.1. The van der Waals surface area contributed by atoms with Crippen molar-refractivity contribution in [3.63, 3.8) is 0 Å². The minimum Gasteiger partial charge on any atom is -0.327 e. The van der Waals surface area contributed by atoms with Crippen LogP contribution in [0.15, 0.2) is 48.5 Å². The quantitative estimate of drug-likeness (QED) is 0.520. The number of hydrogen-bond donors (Lipinski definition) is 0. The van der Waals surface area contributed by atoms with E-state index in [0.29, 0.717) is 11.4 Å². The zero-order valence-corrected chi connectivity index (χ0v) is 10.3. The number of nitro benzene ring substituents is 1. The summed E-state index contributed by atoms with van der Waals surface area (Å²) in [5.74, 6) is 0.605. The van der Waals surface area contributed by atoms with Crippen LogP contribution in [0.2, 0.25) is 0 Å². The van der Waals surface area contributed by atoms with E-state index in [2.05, 4.69) is 4.98 Å². The van der Waals surface area contributed by atoms with E-state index in [1.165, 1.54) is 6.07 Å². The van der Waals surface area contributed by atoms with Crippen molar-refractivity contribution >= 4 is 16.7 Å². The van der Waals surface area contributed by atoms with Crippen molar-refractivity contribution in [2.24, 2.45) is 7.05 Å². The number of aryl methyl sites for hydroxylation is 1. The fourth-order valence-electron chi connectivity index (χ4n) is 2.21. The van der Waals surface area contributed by atoms with E-state index >= 15 is 0 Å². The Labute approximate surface area is 109 Å². The first kappa shape index (κ1) is 11.4. The highest BCUT2D eigenvalue weighted by molar-refractivity contribution is 5.82. The predicted octanol–water partition coefficient (Wildman–Crippen LogP) is 3.15. The zero-order chi connectivity index (χ0) is 13.4. The predicted molar refractivity (Wildman–Crippen MR) is 72.8 cm³/mol. The van der Waals surface area contributed by atoms with E-state index < -0.39 is 0 Å². The van der Waals surface area contributed by atoms with Crippen LogP contribution in [0.5, 0.6) is 0 Å². The maximum Gasteiger partial charge on any atom is 0.280 e. The number of nitro groups is 1. The lowest BCUT2D eigenvalue weighted by Gasteiger charge is -2.03. The highest BCUT2D eigenvalue weighted by Crippen LogP contribution is 2.30. The van der Waals surface area contributed by atoms with Crippen LogP contribution in [0.3, 0.4) is 0 Å². The third kappa shape index (κ3) is 1.76. The molecule has 94 valence electrons. The van der Waals surface area contributed by atoms with Gasteiger partial charge in [0.15, 0.2) is 0 Å². The van der Waals surface area contributed by atoms with Gasteiger partial charge in [-0.05, 0) is 18.2 Å². The average Bonchev–Trinajstić information content (AvgIpc) is 2.76. The molecule has 0 aliphatic carbocycles. The van der Waals surface area contributed by atoms with Gasteiger partial charge in [0.2, 0.25) is 0 Å². The molecular formula is C14H11N3O2. The van der Waals surface area contributed by atoms with Crippen molar-refractivity contribution in [3.8, 4) is 11.4 Å². The van der Waals surface area contributed by atoms with Gasteiger partial charge in [-0.15, -0.1) is 0 Å². The van der Waals surface area contributed by atoms with Crippen LogP contribution in [0, 0.1) is 10.1 Å². The minimum absolute atomic E-state index is 0.0703. The van der Waals surface area contributed by atoms with Gasteiger partial charge in [0.05, 0.1) is 21.5 Å². The fourth-order valence-corrected chi connectivity index (χ4v) is 2.21. The van der Waals surface area contributed by atoms with Gasteiger partial charge in [0.1, 0.15) is 5.82 Å². The topological polar surface area (TPSA) is 61.0 Å². The molecule has 3 aromatic rings. The molecule has 0 atom stereocenters. The van der Waals surface area contributed by atoms with Crippen LogP contribution in [0.4, 0.5) is 5.69 Å².